The SMILES string of the molecule is CC(C)(C)OC(=O)NC[C@@H]1C[C@H]1C(=O)OCc1ccccc1. The van der Waals surface area contributed by atoms with Gasteiger partial charge in [0.1, 0.15) is 12.2 Å². The highest BCUT2D eigenvalue weighted by atomic mass is 16.6. The van der Waals surface area contributed by atoms with Crippen molar-refractivity contribution < 1.29 is 19.1 Å². The number of carbonyl (C=O) groups excluding carboxylic acids is 2. The fraction of sp³-hybridized carbons (Fsp3) is 0.529. The molecule has 120 valence electrons. The Morgan fingerprint density at radius 2 is 1.91 bits per heavy atom. The first-order valence-electron chi connectivity index (χ1n) is 7.52. The van der Waals surface area contributed by atoms with E-state index in [4.69, 9.17) is 9.47 Å². The lowest BCUT2D eigenvalue weighted by atomic mass is 10.2. The number of nitrogens with one attached hydrogen (secondary N) is 1. The van der Waals surface area contributed by atoms with Crippen molar-refractivity contribution in [1.82, 2.24) is 5.32 Å². The summed E-state index contributed by atoms with van der Waals surface area (Å²) in [5.74, 6) is -0.158. The van der Waals surface area contributed by atoms with Crippen LogP contribution in [0.1, 0.15) is 32.8 Å². The molecule has 0 saturated heterocycles. The monoisotopic (exact) mass is 305 g/mol. The fourth-order valence-electron chi connectivity index (χ4n) is 2.13. The van der Waals surface area contributed by atoms with Gasteiger partial charge in [0.05, 0.1) is 5.92 Å². The molecule has 0 heterocycles. The number of rotatable bonds is 5. The Balaban J connectivity index is 1.65. The molecule has 1 saturated carbocycles. The smallest absolute Gasteiger partial charge is 0.407 e. The van der Waals surface area contributed by atoms with E-state index in [0.717, 1.165) is 12.0 Å². The minimum atomic E-state index is -0.512. The lowest BCUT2D eigenvalue weighted by molar-refractivity contribution is -0.146. The summed E-state index contributed by atoms with van der Waals surface area (Å²) in [6.45, 7) is 6.18. The van der Waals surface area contributed by atoms with Crippen LogP contribution in [-0.2, 0) is 20.9 Å². The summed E-state index contributed by atoms with van der Waals surface area (Å²) in [7, 11) is 0. The summed E-state index contributed by atoms with van der Waals surface area (Å²) in [6.07, 6.45) is 0.305. The lowest BCUT2D eigenvalue weighted by Crippen LogP contribution is -2.33. The highest BCUT2D eigenvalue weighted by Crippen LogP contribution is 2.39. The molecule has 1 fully saturated rings. The molecule has 1 aromatic rings. The Labute approximate surface area is 131 Å². The molecule has 0 aliphatic heterocycles. The van der Waals surface area contributed by atoms with E-state index in [1.807, 2.05) is 51.1 Å². The molecule has 0 unspecified atom stereocenters. The van der Waals surface area contributed by atoms with Crippen LogP contribution in [0.15, 0.2) is 30.3 Å². The Kier molecular flexibility index (Phi) is 5.06. The fourth-order valence-corrected chi connectivity index (χ4v) is 2.13. The average molecular weight is 305 g/mol. The standard InChI is InChI=1S/C17H23NO4/c1-17(2,3)22-16(20)18-10-13-9-14(13)15(19)21-11-12-7-5-4-6-8-12/h4-8,13-14H,9-11H2,1-3H3,(H,18,20)/t13-,14+/m0/s1. The van der Waals surface area contributed by atoms with Crippen molar-refractivity contribution >= 4 is 12.1 Å². The maximum absolute atomic E-state index is 11.9. The largest absolute Gasteiger partial charge is 0.461 e. The summed E-state index contributed by atoms with van der Waals surface area (Å²) in [5.41, 5.74) is 0.460. The molecule has 1 aromatic carbocycles. The van der Waals surface area contributed by atoms with Crippen LogP contribution >= 0.6 is 0 Å². The third-order valence-electron chi connectivity index (χ3n) is 3.36. The molecule has 22 heavy (non-hydrogen) atoms. The molecule has 5 heteroatoms. The predicted octanol–water partition coefficient (Wildman–Crippen LogP) is 2.89. The van der Waals surface area contributed by atoms with Crippen molar-refractivity contribution in [1.29, 1.82) is 0 Å². The molecule has 1 aliphatic rings. The van der Waals surface area contributed by atoms with Gasteiger partial charge in [0.25, 0.3) is 0 Å². The van der Waals surface area contributed by atoms with Gasteiger partial charge in [-0.15, -0.1) is 0 Å². The molecular formula is C17H23NO4. The van der Waals surface area contributed by atoms with Gasteiger partial charge in [0, 0.05) is 6.54 Å². The number of carbonyl (C=O) groups is 2. The average Bonchev–Trinajstić information content (AvgIpc) is 3.21. The lowest BCUT2D eigenvalue weighted by Gasteiger charge is -2.19. The molecule has 0 bridgehead atoms. The minimum absolute atomic E-state index is 0.112. The quantitative estimate of drug-likeness (QED) is 0.850. The van der Waals surface area contributed by atoms with Gasteiger partial charge in [0.2, 0.25) is 0 Å². The molecule has 2 atom stereocenters. The Bertz CT molecular complexity index is 521. The van der Waals surface area contributed by atoms with Crippen molar-refractivity contribution in [3.05, 3.63) is 35.9 Å². The summed E-state index contributed by atoms with van der Waals surface area (Å²) >= 11 is 0. The van der Waals surface area contributed by atoms with Crippen LogP contribution in [0.5, 0.6) is 0 Å². The maximum atomic E-state index is 11.9. The summed E-state index contributed by atoms with van der Waals surface area (Å²) in [6, 6.07) is 9.58. The van der Waals surface area contributed by atoms with E-state index in [1.165, 1.54) is 0 Å². The van der Waals surface area contributed by atoms with Gasteiger partial charge < -0.3 is 14.8 Å². The Hall–Kier alpha value is -2.04. The molecular weight excluding hydrogens is 282 g/mol. The predicted molar refractivity (Wildman–Crippen MR) is 82.1 cm³/mol. The summed E-state index contributed by atoms with van der Waals surface area (Å²) in [5, 5.41) is 2.69. The Morgan fingerprint density at radius 1 is 1.23 bits per heavy atom. The van der Waals surface area contributed by atoms with E-state index < -0.39 is 11.7 Å². The van der Waals surface area contributed by atoms with E-state index in [0.29, 0.717) is 13.2 Å². The number of hydrogen-bond donors (Lipinski definition) is 1. The zero-order valence-corrected chi connectivity index (χ0v) is 13.3. The van der Waals surface area contributed by atoms with E-state index >= 15 is 0 Å². The molecule has 1 aliphatic carbocycles. The maximum Gasteiger partial charge on any atom is 0.407 e. The van der Waals surface area contributed by atoms with Gasteiger partial charge in [0.15, 0.2) is 0 Å². The molecule has 1 amide bonds. The zero-order chi connectivity index (χ0) is 16.2. The number of esters is 1. The van der Waals surface area contributed by atoms with Gasteiger partial charge in [-0.25, -0.2) is 4.79 Å². The van der Waals surface area contributed by atoms with E-state index in [9.17, 15) is 9.59 Å². The van der Waals surface area contributed by atoms with Crippen molar-refractivity contribution in [3.8, 4) is 0 Å². The van der Waals surface area contributed by atoms with Crippen LogP contribution < -0.4 is 5.32 Å². The second kappa shape index (κ2) is 6.81. The molecule has 0 spiro atoms. The minimum Gasteiger partial charge on any atom is -0.461 e. The first kappa shape index (κ1) is 16.3. The second-order valence-electron chi connectivity index (χ2n) is 6.58. The van der Waals surface area contributed by atoms with Gasteiger partial charge in [-0.3, -0.25) is 4.79 Å². The molecule has 5 nitrogen and oxygen atoms in total. The molecule has 2 rings (SSSR count). The van der Waals surface area contributed by atoms with E-state index in [1.54, 1.807) is 0 Å². The second-order valence-corrected chi connectivity index (χ2v) is 6.58. The number of benzene rings is 1. The van der Waals surface area contributed by atoms with E-state index in [-0.39, 0.29) is 17.8 Å². The summed E-state index contributed by atoms with van der Waals surface area (Å²) in [4.78, 5) is 23.4. The van der Waals surface area contributed by atoms with Gasteiger partial charge in [-0.2, -0.15) is 0 Å². The van der Waals surface area contributed by atoms with Crippen LogP contribution in [0.2, 0.25) is 0 Å². The van der Waals surface area contributed by atoms with Crippen molar-refractivity contribution in [2.75, 3.05) is 6.54 Å². The van der Waals surface area contributed by atoms with Crippen LogP contribution in [-0.4, -0.2) is 24.2 Å². The van der Waals surface area contributed by atoms with Crippen LogP contribution in [0.3, 0.4) is 0 Å². The molecule has 0 radical (unpaired) electrons. The van der Waals surface area contributed by atoms with Crippen LogP contribution in [0, 0.1) is 11.8 Å². The summed E-state index contributed by atoms with van der Waals surface area (Å²) < 4.78 is 10.4. The highest BCUT2D eigenvalue weighted by molar-refractivity contribution is 5.76. The normalized spacial score (nSPS) is 20.1. The molecule has 1 N–H and O–H groups in total. The van der Waals surface area contributed by atoms with Gasteiger partial charge in [-0.05, 0) is 38.7 Å². The number of hydrogen-bond acceptors (Lipinski definition) is 4. The van der Waals surface area contributed by atoms with Crippen molar-refractivity contribution in [2.24, 2.45) is 11.8 Å². The van der Waals surface area contributed by atoms with Crippen molar-refractivity contribution in [2.45, 2.75) is 39.4 Å². The third kappa shape index (κ3) is 5.39. The van der Waals surface area contributed by atoms with E-state index in [2.05, 4.69) is 5.32 Å². The van der Waals surface area contributed by atoms with Gasteiger partial charge >= 0.3 is 12.1 Å². The third-order valence-corrected chi connectivity index (χ3v) is 3.36. The first-order valence-corrected chi connectivity index (χ1v) is 7.52. The Morgan fingerprint density at radius 3 is 2.55 bits per heavy atom. The number of amides is 1. The first-order chi connectivity index (χ1) is 10.3. The van der Waals surface area contributed by atoms with Crippen molar-refractivity contribution in [3.63, 3.8) is 0 Å². The topological polar surface area (TPSA) is 64.6 Å². The van der Waals surface area contributed by atoms with Crippen LogP contribution in [0.4, 0.5) is 4.79 Å². The van der Waals surface area contributed by atoms with Crippen LogP contribution in [0.25, 0.3) is 0 Å². The highest BCUT2D eigenvalue weighted by Gasteiger charge is 2.44. The number of ether oxygens (including phenoxy) is 2. The zero-order valence-electron chi connectivity index (χ0n) is 13.3. The number of alkyl carbamates (subject to hydrolysis) is 1. The molecule has 0 aromatic heterocycles. The van der Waals surface area contributed by atoms with Gasteiger partial charge in [-0.1, -0.05) is 30.3 Å².